The number of rotatable bonds is 4. The van der Waals surface area contributed by atoms with Crippen molar-refractivity contribution in [2.24, 2.45) is 11.8 Å². The van der Waals surface area contributed by atoms with Crippen LogP contribution in [-0.2, 0) is 0 Å². The van der Waals surface area contributed by atoms with E-state index in [0.29, 0.717) is 29.0 Å². The lowest BCUT2D eigenvalue weighted by atomic mass is 9.92. The second-order valence-electron chi connectivity index (χ2n) is 9.75. The molecule has 3 aliphatic rings. The van der Waals surface area contributed by atoms with Crippen molar-refractivity contribution in [2.75, 3.05) is 34.8 Å². The van der Waals surface area contributed by atoms with Crippen LogP contribution in [0.2, 0.25) is 5.15 Å². The van der Waals surface area contributed by atoms with Crippen molar-refractivity contribution >= 4 is 34.9 Å². The van der Waals surface area contributed by atoms with Crippen molar-refractivity contribution in [3.05, 3.63) is 58.9 Å². The van der Waals surface area contributed by atoms with Crippen molar-refractivity contribution in [3.63, 3.8) is 0 Å². The van der Waals surface area contributed by atoms with Crippen molar-refractivity contribution in [1.82, 2.24) is 19.9 Å². The van der Waals surface area contributed by atoms with Gasteiger partial charge in [0.05, 0.1) is 0 Å². The Hall–Kier alpha value is -3.00. The highest BCUT2D eigenvalue weighted by molar-refractivity contribution is 6.30. The number of halogens is 2. The normalized spacial score (nSPS) is 25.5. The summed E-state index contributed by atoms with van der Waals surface area (Å²) in [5, 5.41) is 4.13. The minimum atomic E-state index is -0.252. The van der Waals surface area contributed by atoms with Crippen LogP contribution in [0.3, 0.4) is 0 Å². The van der Waals surface area contributed by atoms with E-state index in [4.69, 9.17) is 16.6 Å². The Labute approximate surface area is 203 Å². The molecule has 3 aromatic rings. The van der Waals surface area contributed by atoms with Crippen LogP contribution in [0, 0.1) is 24.6 Å². The van der Waals surface area contributed by atoms with Gasteiger partial charge in [0.25, 0.3) is 0 Å². The van der Waals surface area contributed by atoms with E-state index in [0.717, 1.165) is 48.2 Å². The number of hydrogen-bond donors (Lipinski definition) is 1. The van der Waals surface area contributed by atoms with Crippen LogP contribution in [0.15, 0.2) is 36.7 Å². The predicted octanol–water partition coefficient (Wildman–Crippen LogP) is 4.95. The molecule has 7 nitrogen and oxygen atoms in total. The van der Waals surface area contributed by atoms with Gasteiger partial charge in [-0.25, -0.2) is 19.3 Å². The second kappa shape index (κ2) is 8.34. The summed E-state index contributed by atoms with van der Waals surface area (Å²) in [7, 11) is 0. The summed E-state index contributed by atoms with van der Waals surface area (Å²) in [5.41, 5.74) is 2.84. The third-order valence-corrected chi connectivity index (χ3v) is 7.75. The van der Waals surface area contributed by atoms with Crippen LogP contribution in [0.25, 0.3) is 0 Å². The maximum atomic E-state index is 13.5. The number of piperidine rings is 1. The maximum Gasteiger partial charge on any atom is 0.226 e. The Balaban J connectivity index is 1.25. The van der Waals surface area contributed by atoms with E-state index in [9.17, 15) is 4.39 Å². The van der Waals surface area contributed by atoms with Gasteiger partial charge < -0.3 is 15.1 Å². The fourth-order valence-corrected chi connectivity index (χ4v) is 6.18. The Kier molecular flexibility index (Phi) is 5.28. The monoisotopic (exact) mass is 479 g/mol. The molecule has 1 saturated carbocycles. The zero-order chi connectivity index (χ0) is 23.4. The molecule has 176 valence electrons. The van der Waals surface area contributed by atoms with Gasteiger partial charge in [-0.3, -0.25) is 0 Å². The minimum Gasteiger partial charge on any atom is -0.356 e. The quantitative estimate of drug-likeness (QED) is 0.531. The van der Waals surface area contributed by atoms with Crippen LogP contribution in [-0.4, -0.2) is 45.6 Å². The van der Waals surface area contributed by atoms with E-state index in [2.05, 4.69) is 43.1 Å². The summed E-state index contributed by atoms with van der Waals surface area (Å²) in [6.07, 6.45) is 3.98. The Bertz CT molecular complexity index is 1210. The lowest BCUT2D eigenvalue weighted by Gasteiger charge is -2.39. The van der Waals surface area contributed by atoms with Crippen LogP contribution < -0.4 is 15.1 Å². The van der Waals surface area contributed by atoms with Gasteiger partial charge >= 0.3 is 0 Å². The van der Waals surface area contributed by atoms with Gasteiger partial charge in [0.2, 0.25) is 5.95 Å². The molecular weight excluding hydrogens is 453 g/mol. The SMILES string of the molecule is Cc1cc(N2C[C@H]3CC[C@@H](C2)[C@@H]3Nc2nc(Cl)c3c(n2)N(c2ccc(F)cc2)C[C@H]3C)ncn1. The van der Waals surface area contributed by atoms with Gasteiger partial charge in [0.1, 0.15) is 28.9 Å². The largest absolute Gasteiger partial charge is 0.356 e. The first-order valence-corrected chi connectivity index (χ1v) is 12.2. The van der Waals surface area contributed by atoms with Gasteiger partial charge in [-0.2, -0.15) is 4.98 Å². The third kappa shape index (κ3) is 3.74. The molecule has 0 radical (unpaired) electrons. The summed E-state index contributed by atoms with van der Waals surface area (Å²) in [6, 6.07) is 8.87. The highest BCUT2D eigenvalue weighted by Gasteiger charge is 2.43. The van der Waals surface area contributed by atoms with Gasteiger partial charge in [-0.05, 0) is 55.9 Å². The average molecular weight is 480 g/mol. The van der Waals surface area contributed by atoms with Crippen LogP contribution in [0.1, 0.15) is 36.9 Å². The van der Waals surface area contributed by atoms with Crippen LogP contribution in [0.5, 0.6) is 0 Å². The standard InChI is InChI=1S/C25H27ClFN7/c1-14-10-34(19-7-5-18(27)6-8-19)24-21(14)23(26)31-25(32-24)30-22-16-3-4-17(22)12-33(11-16)20-9-15(2)28-13-29-20/h5-9,13-14,16-17,22H,3-4,10-12H2,1-2H3,(H,30,31,32)/t14-,16-,17+,22-/m1/s1. The molecule has 34 heavy (non-hydrogen) atoms. The molecule has 6 rings (SSSR count). The maximum absolute atomic E-state index is 13.5. The highest BCUT2D eigenvalue weighted by Crippen LogP contribution is 2.44. The first-order valence-electron chi connectivity index (χ1n) is 11.9. The molecule has 0 unspecified atom stereocenters. The van der Waals surface area contributed by atoms with Gasteiger partial charge in [-0.1, -0.05) is 18.5 Å². The molecule has 9 heteroatoms. The first-order chi connectivity index (χ1) is 16.5. The van der Waals surface area contributed by atoms with Crippen LogP contribution >= 0.6 is 11.6 Å². The molecule has 1 aliphatic carbocycles. The summed E-state index contributed by atoms with van der Waals surface area (Å²) in [6.45, 7) is 6.75. The van der Waals surface area contributed by atoms with E-state index >= 15 is 0 Å². The Morgan fingerprint density at radius 1 is 1.03 bits per heavy atom. The molecule has 2 aromatic heterocycles. The molecule has 0 spiro atoms. The number of benzene rings is 1. The molecule has 2 aliphatic heterocycles. The van der Waals surface area contributed by atoms with E-state index in [1.165, 1.54) is 25.0 Å². The zero-order valence-corrected chi connectivity index (χ0v) is 20.0. The fourth-order valence-electron chi connectivity index (χ4n) is 5.83. The number of hydrogen-bond acceptors (Lipinski definition) is 7. The minimum absolute atomic E-state index is 0.192. The molecule has 1 N–H and O–H groups in total. The number of nitrogens with one attached hydrogen (secondary N) is 1. The summed E-state index contributed by atoms with van der Waals surface area (Å²) < 4.78 is 13.5. The summed E-state index contributed by atoms with van der Waals surface area (Å²) in [4.78, 5) is 22.8. The lowest BCUT2D eigenvalue weighted by Crippen LogP contribution is -2.48. The average Bonchev–Trinajstić information content (AvgIpc) is 3.25. The molecule has 2 bridgehead atoms. The van der Waals surface area contributed by atoms with Gasteiger partial charge in [0.15, 0.2) is 0 Å². The van der Waals surface area contributed by atoms with Gasteiger partial charge in [-0.15, -0.1) is 0 Å². The smallest absolute Gasteiger partial charge is 0.226 e. The summed E-state index contributed by atoms with van der Waals surface area (Å²) >= 11 is 6.67. The van der Waals surface area contributed by atoms with Crippen molar-refractivity contribution in [2.45, 2.75) is 38.6 Å². The van der Waals surface area contributed by atoms with E-state index in [-0.39, 0.29) is 11.7 Å². The highest BCUT2D eigenvalue weighted by atomic mass is 35.5. The Morgan fingerprint density at radius 3 is 2.47 bits per heavy atom. The predicted molar refractivity (Wildman–Crippen MR) is 131 cm³/mol. The van der Waals surface area contributed by atoms with E-state index < -0.39 is 0 Å². The number of aryl methyl sites for hydroxylation is 1. The Morgan fingerprint density at radius 2 is 1.76 bits per heavy atom. The van der Waals surface area contributed by atoms with E-state index in [1.54, 1.807) is 18.5 Å². The summed E-state index contributed by atoms with van der Waals surface area (Å²) in [5.74, 6) is 3.29. The van der Waals surface area contributed by atoms with Crippen molar-refractivity contribution < 1.29 is 4.39 Å². The van der Waals surface area contributed by atoms with Crippen molar-refractivity contribution in [1.29, 1.82) is 0 Å². The fraction of sp³-hybridized carbons (Fsp3) is 0.440. The number of aromatic nitrogens is 4. The number of anilines is 4. The van der Waals surface area contributed by atoms with E-state index in [1.807, 2.05) is 6.92 Å². The molecule has 0 amide bonds. The second-order valence-corrected chi connectivity index (χ2v) is 10.1. The van der Waals surface area contributed by atoms with Crippen LogP contribution in [0.4, 0.5) is 27.7 Å². The molecule has 2 fully saturated rings. The van der Waals surface area contributed by atoms with Crippen molar-refractivity contribution in [3.8, 4) is 0 Å². The number of fused-ring (bicyclic) bond motifs is 3. The zero-order valence-electron chi connectivity index (χ0n) is 19.2. The topological polar surface area (TPSA) is 70.1 Å². The first kappa shape index (κ1) is 21.5. The van der Waals surface area contributed by atoms with Gasteiger partial charge in [0, 0.05) is 54.6 Å². The molecular formula is C25H27ClFN7. The molecule has 4 atom stereocenters. The molecule has 1 aromatic carbocycles. The number of nitrogens with zero attached hydrogens (tertiary/aromatic N) is 6. The third-order valence-electron chi connectivity index (χ3n) is 7.47. The lowest BCUT2D eigenvalue weighted by molar-refractivity contribution is 0.374. The molecule has 4 heterocycles. The molecule has 1 saturated heterocycles.